The van der Waals surface area contributed by atoms with E-state index in [1.54, 1.807) is 13.2 Å². The fraction of sp³-hybridized carbons (Fsp3) is 0.600. The lowest BCUT2D eigenvalue weighted by molar-refractivity contribution is 0.374. The summed E-state index contributed by atoms with van der Waals surface area (Å²) in [6, 6.07) is 5.27. The first-order valence-corrected chi connectivity index (χ1v) is 7.06. The molecular weight excluding hydrogens is 243 g/mol. The third-order valence-corrected chi connectivity index (χ3v) is 3.64. The minimum atomic E-state index is -0.216. The summed E-state index contributed by atoms with van der Waals surface area (Å²) in [4.78, 5) is 0. The molecule has 1 fully saturated rings. The van der Waals surface area contributed by atoms with Crippen LogP contribution < -0.4 is 15.4 Å². The Kier molecular flexibility index (Phi) is 5.61. The lowest BCUT2D eigenvalue weighted by Crippen LogP contribution is -2.36. The molecule has 1 aromatic rings. The zero-order chi connectivity index (χ0) is 13.5. The average molecular weight is 266 g/mol. The molecule has 0 aromatic heterocycles. The fourth-order valence-electron chi connectivity index (χ4n) is 2.56. The van der Waals surface area contributed by atoms with Crippen LogP contribution in [0.4, 0.5) is 4.39 Å². The van der Waals surface area contributed by atoms with Gasteiger partial charge in [-0.05, 0) is 50.6 Å². The molecule has 1 aromatic carbocycles. The average Bonchev–Trinajstić information content (AvgIpc) is 2.45. The van der Waals surface area contributed by atoms with Crippen molar-refractivity contribution in [1.82, 2.24) is 10.6 Å². The second kappa shape index (κ2) is 7.46. The summed E-state index contributed by atoms with van der Waals surface area (Å²) in [6.45, 7) is 2.73. The van der Waals surface area contributed by atoms with Crippen LogP contribution in [0.3, 0.4) is 0 Å². The van der Waals surface area contributed by atoms with E-state index in [2.05, 4.69) is 10.6 Å². The Morgan fingerprint density at radius 3 is 3.05 bits per heavy atom. The highest BCUT2D eigenvalue weighted by atomic mass is 19.1. The number of hydrogen-bond acceptors (Lipinski definition) is 3. The van der Waals surface area contributed by atoms with Crippen molar-refractivity contribution in [3.63, 3.8) is 0 Å². The minimum absolute atomic E-state index is 0.216. The molecule has 2 N–H and O–H groups in total. The molecule has 1 unspecified atom stereocenters. The van der Waals surface area contributed by atoms with E-state index in [1.807, 2.05) is 0 Å². The predicted octanol–water partition coefficient (Wildman–Crippen LogP) is 2.46. The van der Waals surface area contributed by atoms with Crippen LogP contribution in [-0.4, -0.2) is 26.2 Å². The molecule has 0 saturated carbocycles. The van der Waals surface area contributed by atoms with Gasteiger partial charge in [-0.15, -0.1) is 0 Å². The molecular formula is C15H23FN2O. The summed E-state index contributed by atoms with van der Waals surface area (Å²) in [5.41, 5.74) is 0.874. The topological polar surface area (TPSA) is 33.3 Å². The molecule has 106 valence electrons. The molecule has 2 rings (SSSR count). The third kappa shape index (κ3) is 4.48. The molecule has 0 bridgehead atoms. The lowest BCUT2D eigenvalue weighted by Gasteiger charge is -2.23. The van der Waals surface area contributed by atoms with Crippen LogP contribution in [0.5, 0.6) is 5.75 Å². The smallest absolute Gasteiger partial charge is 0.123 e. The van der Waals surface area contributed by atoms with Gasteiger partial charge < -0.3 is 15.4 Å². The van der Waals surface area contributed by atoms with Gasteiger partial charge in [-0.2, -0.15) is 0 Å². The van der Waals surface area contributed by atoms with Gasteiger partial charge in [-0.25, -0.2) is 4.39 Å². The van der Waals surface area contributed by atoms with Gasteiger partial charge in [0.15, 0.2) is 0 Å². The molecule has 1 heterocycles. The molecule has 1 aliphatic heterocycles. The van der Waals surface area contributed by atoms with Crippen molar-refractivity contribution in [3.05, 3.63) is 29.6 Å². The van der Waals surface area contributed by atoms with E-state index in [9.17, 15) is 4.39 Å². The number of halogens is 1. The summed E-state index contributed by atoms with van der Waals surface area (Å²) >= 11 is 0. The number of methoxy groups -OCH3 is 1. The second-order valence-electron chi connectivity index (χ2n) is 5.07. The van der Waals surface area contributed by atoms with Crippen molar-refractivity contribution < 1.29 is 9.13 Å². The Hall–Kier alpha value is -1.13. The first kappa shape index (κ1) is 14.3. The Morgan fingerprint density at radius 2 is 2.32 bits per heavy atom. The Labute approximate surface area is 114 Å². The highest BCUT2D eigenvalue weighted by molar-refractivity contribution is 5.33. The number of piperidine rings is 1. The van der Waals surface area contributed by atoms with E-state index in [0.717, 1.165) is 30.8 Å². The van der Waals surface area contributed by atoms with Crippen LogP contribution in [-0.2, 0) is 6.54 Å². The van der Waals surface area contributed by atoms with Crippen LogP contribution in [0, 0.1) is 5.82 Å². The van der Waals surface area contributed by atoms with E-state index < -0.39 is 0 Å². The number of rotatable bonds is 6. The van der Waals surface area contributed by atoms with Crippen molar-refractivity contribution in [3.8, 4) is 5.75 Å². The summed E-state index contributed by atoms with van der Waals surface area (Å²) in [7, 11) is 1.61. The van der Waals surface area contributed by atoms with E-state index in [-0.39, 0.29) is 5.82 Å². The van der Waals surface area contributed by atoms with Crippen molar-refractivity contribution >= 4 is 0 Å². The molecule has 19 heavy (non-hydrogen) atoms. The standard InChI is InChI=1S/C15H23FN2O/c1-19-15-6-5-13(16)10-12(15)11-17-9-7-14-4-2-3-8-18-14/h5-6,10,14,17-18H,2-4,7-9,11H2,1H3. The lowest BCUT2D eigenvalue weighted by atomic mass is 10.0. The second-order valence-corrected chi connectivity index (χ2v) is 5.07. The van der Waals surface area contributed by atoms with Gasteiger partial charge in [-0.1, -0.05) is 6.42 Å². The molecule has 1 aliphatic rings. The summed E-state index contributed by atoms with van der Waals surface area (Å²) in [6.07, 6.45) is 5.02. The predicted molar refractivity (Wildman–Crippen MR) is 74.9 cm³/mol. The summed E-state index contributed by atoms with van der Waals surface area (Å²) in [5, 5.41) is 6.89. The zero-order valence-corrected chi connectivity index (χ0v) is 11.5. The van der Waals surface area contributed by atoms with Gasteiger partial charge in [0.25, 0.3) is 0 Å². The first-order chi connectivity index (χ1) is 9.29. The van der Waals surface area contributed by atoms with Gasteiger partial charge in [0.05, 0.1) is 7.11 Å². The number of hydrogen-bond donors (Lipinski definition) is 2. The van der Waals surface area contributed by atoms with E-state index in [1.165, 1.54) is 31.4 Å². The summed E-state index contributed by atoms with van der Waals surface area (Å²) in [5.74, 6) is 0.524. The molecule has 0 radical (unpaired) electrons. The number of ether oxygens (including phenoxy) is 1. The Bertz CT molecular complexity index is 392. The maximum absolute atomic E-state index is 13.2. The van der Waals surface area contributed by atoms with E-state index >= 15 is 0 Å². The maximum Gasteiger partial charge on any atom is 0.123 e. The summed E-state index contributed by atoms with van der Waals surface area (Å²) < 4.78 is 18.4. The van der Waals surface area contributed by atoms with Gasteiger partial charge in [0.2, 0.25) is 0 Å². The quantitative estimate of drug-likeness (QED) is 0.776. The molecule has 1 saturated heterocycles. The van der Waals surface area contributed by atoms with Crippen molar-refractivity contribution in [1.29, 1.82) is 0 Å². The zero-order valence-electron chi connectivity index (χ0n) is 11.5. The first-order valence-electron chi connectivity index (χ1n) is 7.06. The number of benzene rings is 1. The van der Waals surface area contributed by atoms with Crippen LogP contribution in [0.25, 0.3) is 0 Å². The van der Waals surface area contributed by atoms with Crippen LogP contribution in [0.15, 0.2) is 18.2 Å². The molecule has 4 heteroatoms. The largest absolute Gasteiger partial charge is 0.496 e. The molecule has 0 spiro atoms. The van der Waals surface area contributed by atoms with Gasteiger partial charge in [0.1, 0.15) is 11.6 Å². The van der Waals surface area contributed by atoms with Crippen LogP contribution in [0.1, 0.15) is 31.2 Å². The molecule has 1 atom stereocenters. The molecule has 0 aliphatic carbocycles. The maximum atomic E-state index is 13.2. The van der Waals surface area contributed by atoms with Crippen molar-refractivity contribution in [2.75, 3.05) is 20.2 Å². The van der Waals surface area contributed by atoms with Crippen molar-refractivity contribution in [2.24, 2.45) is 0 Å². The third-order valence-electron chi connectivity index (χ3n) is 3.64. The SMILES string of the molecule is COc1ccc(F)cc1CNCCC1CCCCN1. The normalized spacial score (nSPS) is 19.4. The van der Waals surface area contributed by atoms with E-state index in [4.69, 9.17) is 4.74 Å². The minimum Gasteiger partial charge on any atom is -0.496 e. The Balaban J connectivity index is 1.74. The molecule has 3 nitrogen and oxygen atoms in total. The van der Waals surface area contributed by atoms with Crippen LogP contribution >= 0.6 is 0 Å². The monoisotopic (exact) mass is 266 g/mol. The number of nitrogens with one attached hydrogen (secondary N) is 2. The highest BCUT2D eigenvalue weighted by Gasteiger charge is 2.11. The van der Waals surface area contributed by atoms with Gasteiger partial charge >= 0.3 is 0 Å². The van der Waals surface area contributed by atoms with Crippen molar-refractivity contribution in [2.45, 2.75) is 38.3 Å². The molecule has 0 amide bonds. The fourth-order valence-corrected chi connectivity index (χ4v) is 2.56. The highest BCUT2D eigenvalue weighted by Crippen LogP contribution is 2.19. The Morgan fingerprint density at radius 1 is 1.42 bits per heavy atom. The van der Waals surface area contributed by atoms with Gasteiger partial charge in [-0.3, -0.25) is 0 Å². The van der Waals surface area contributed by atoms with Crippen LogP contribution in [0.2, 0.25) is 0 Å². The van der Waals surface area contributed by atoms with E-state index in [0.29, 0.717) is 12.6 Å². The van der Waals surface area contributed by atoms with Gasteiger partial charge in [0, 0.05) is 18.2 Å².